The molecule has 2 aromatic carbocycles. The molecule has 0 aromatic heterocycles. The molecule has 0 radical (unpaired) electrons. The maximum Gasteiger partial charge on any atom is 0.300 e. The molecular weight excluding hydrogens is 566 g/mol. The van der Waals surface area contributed by atoms with Crippen molar-refractivity contribution >= 4 is 32.7 Å². The highest BCUT2D eigenvalue weighted by Gasteiger charge is 2.32. The van der Waals surface area contributed by atoms with Gasteiger partial charge in [0.15, 0.2) is 28.2 Å². The fourth-order valence-electron chi connectivity index (χ4n) is 2.95. The van der Waals surface area contributed by atoms with Crippen LogP contribution in [0.1, 0.15) is 65.5 Å². The van der Waals surface area contributed by atoms with Crippen LogP contribution in [0.5, 0.6) is 0 Å². The maximum absolute atomic E-state index is 12.6. The van der Waals surface area contributed by atoms with E-state index in [0.717, 1.165) is 0 Å². The van der Waals surface area contributed by atoms with Gasteiger partial charge in [0.25, 0.3) is 0 Å². The molecule has 0 aliphatic carbocycles. The van der Waals surface area contributed by atoms with E-state index < -0.39 is 44.1 Å². The van der Waals surface area contributed by atoms with Crippen LogP contribution in [0, 0.1) is 32.7 Å². The quantitative estimate of drug-likeness (QED) is 0.130. The molecule has 0 amide bonds. The summed E-state index contributed by atoms with van der Waals surface area (Å²) in [6.45, 7) is 14.0. The summed E-state index contributed by atoms with van der Waals surface area (Å²) in [6, 6.07) is 6.75. The van der Waals surface area contributed by atoms with E-state index in [0.29, 0.717) is 0 Å². The van der Waals surface area contributed by atoms with Gasteiger partial charge >= 0.3 is 10.1 Å². The van der Waals surface area contributed by atoms with Crippen LogP contribution in [0.25, 0.3) is 0 Å². The minimum atomic E-state index is -5.52. The second kappa shape index (κ2) is 10.3. The summed E-state index contributed by atoms with van der Waals surface area (Å²) >= 11 is 2.49. The Bertz CT molecular complexity index is 1070. The molecule has 32 heavy (non-hydrogen) atoms. The van der Waals surface area contributed by atoms with Gasteiger partial charge in [0.2, 0.25) is 5.82 Å². The van der Waals surface area contributed by atoms with Gasteiger partial charge in [-0.1, -0.05) is 53.7 Å². The number of rotatable bonds is 5. The zero-order chi connectivity index (χ0) is 25.2. The molecule has 0 unspecified atom stereocenters. The number of halogens is 6. The van der Waals surface area contributed by atoms with Crippen molar-refractivity contribution in [3.8, 4) is 0 Å². The molecular formula is C22H26F5IO3S. The van der Waals surface area contributed by atoms with Gasteiger partial charge in [-0.3, -0.25) is 4.55 Å². The van der Waals surface area contributed by atoms with Crippen LogP contribution in [-0.4, -0.2) is 13.0 Å². The van der Waals surface area contributed by atoms with Crippen LogP contribution in [-0.2, 0) is 20.9 Å². The molecule has 1 N–H and O–H groups in total. The summed E-state index contributed by atoms with van der Waals surface area (Å²) in [6.07, 6.45) is 2.36. The molecule has 10 heteroatoms. The van der Waals surface area contributed by atoms with E-state index in [1.807, 2.05) is 0 Å². The largest absolute Gasteiger partial charge is 0.300 e. The van der Waals surface area contributed by atoms with E-state index in [2.05, 4.69) is 82.3 Å². The average Bonchev–Trinajstić information content (AvgIpc) is 2.70. The third-order valence-corrected chi connectivity index (χ3v) is 7.39. The predicted octanol–water partition coefficient (Wildman–Crippen LogP) is 7.30. The Balaban J connectivity index is 0.000000323. The van der Waals surface area contributed by atoms with Gasteiger partial charge < -0.3 is 0 Å². The van der Waals surface area contributed by atoms with Crippen molar-refractivity contribution in [1.29, 1.82) is 0 Å². The summed E-state index contributed by atoms with van der Waals surface area (Å²) in [5, 5.41) is 0. The lowest BCUT2D eigenvalue weighted by molar-refractivity contribution is 0.352. The molecule has 0 heterocycles. The van der Waals surface area contributed by atoms with Crippen molar-refractivity contribution in [1.82, 2.24) is 0 Å². The second-order valence-electron chi connectivity index (χ2n) is 8.51. The highest BCUT2D eigenvalue weighted by Crippen LogP contribution is 2.40. The van der Waals surface area contributed by atoms with Crippen molar-refractivity contribution < 1.29 is 34.9 Å². The lowest BCUT2D eigenvalue weighted by Crippen LogP contribution is -2.26. The summed E-state index contributed by atoms with van der Waals surface area (Å²) in [5.74, 6) is -12.6. The van der Waals surface area contributed by atoms with Gasteiger partial charge in [-0.05, 0) is 63.5 Å². The van der Waals surface area contributed by atoms with E-state index in [1.165, 1.54) is 22.0 Å². The second-order valence-corrected chi connectivity index (χ2v) is 11.0. The smallest absolute Gasteiger partial charge is 0.282 e. The lowest BCUT2D eigenvalue weighted by Gasteiger charge is -2.34. The third-order valence-electron chi connectivity index (χ3n) is 5.61. The van der Waals surface area contributed by atoms with Crippen LogP contribution >= 0.6 is 22.6 Å². The van der Waals surface area contributed by atoms with Crippen molar-refractivity contribution in [2.45, 2.75) is 70.1 Å². The van der Waals surface area contributed by atoms with Gasteiger partial charge in [0, 0.05) is 3.57 Å². The van der Waals surface area contributed by atoms with Gasteiger partial charge in [0.05, 0.1) is 0 Å². The molecule has 0 bridgehead atoms. The normalized spacial score (nSPS) is 12.4. The number of hydrogen-bond acceptors (Lipinski definition) is 2. The Morgan fingerprint density at radius 2 is 1.22 bits per heavy atom. The number of benzene rings is 2. The Labute approximate surface area is 199 Å². The summed E-state index contributed by atoms with van der Waals surface area (Å²) in [7, 11) is -5.52. The van der Waals surface area contributed by atoms with E-state index >= 15 is 0 Å². The molecule has 0 spiro atoms. The molecule has 180 valence electrons. The molecule has 0 saturated carbocycles. The monoisotopic (exact) mass is 592 g/mol. The van der Waals surface area contributed by atoms with E-state index in [4.69, 9.17) is 4.55 Å². The lowest BCUT2D eigenvalue weighted by atomic mass is 9.71. The van der Waals surface area contributed by atoms with Crippen LogP contribution < -0.4 is 0 Å². The SMILES string of the molecule is CCC(C)(C)c1cccc(I)c1C(C)(C)CC.O=S(=O)(O)c1c(F)c(F)c(F)c(F)c1F. The third kappa shape index (κ3) is 5.99. The van der Waals surface area contributed by atoms with Crippen molar-refractivity contribution in [2.75, 3.05) is 0 Å². The summed E-state index contributed by atoms with van der Waals surface area (Å²) in [4.78, 5) is -2.26. The first-order valence-electron chi connectivity index (χ1n) is 9.72. The summed E-state index contributed by atoms with van der Waals surface area (Å²) < 4.78 is 92.7. The molecule has 0 saturated heterocycles. The Hall–Kier alpha value is -1.27. The maximum atomic E-state index is 12.6. The molecule has 0 atom stereocenters. The van der Waals surface area contributed by atoms with Gasteiger partial charge in [-0.25, -0.2) is 22.0 Å². The van der Waals surface area contributed by atoms with E-state index in [9.17, 15) is 30.4 Å². The molecule has 0 aliphatic heterocycles. The van der Waals surface area contributed by atoms with Crippen molar-refractivity contribution in [2.24, 2.45) is 0 Å². The first kappa shape index (κ1) is 28.8. The van der Waals surface area contributed by atoms with Gasteiger partial charge in [0.1, 0.15) is 0 Å². The molecule has 2 aromatic rings. The minimum absolute atomic E-state index is 0.263. The van der Waals surface area contributed by atoms with Gasteiger partial charge in [-0.15, -0.1) is 0 Å². The standard InChI is InChI=1S/C16H25I.C6HF5O3S/c1-7-15(3,4)12-10-9-11-13(17)14(12)16(5,6)8-2;7-1-2(8)4(10)6(15(12,13)14)5(11)3(1)9/h9-11H,7-8H2,1-6H3;(H,12,13,14). The van der Waals surface area contributed by atoms with Crippen LogP contribution in [0.4, 0.5) is 22.0 Å². The van der Waals surface area contributed by atoms with E-state index in [-0.39, 0.29) is 10.8 Å². The fraction of sp³-hybridized carbons (Fsp3) is 0.455. The first-order chi connectivity index (χ1) is 14.4. The molecule has 0 aliphatic rings. The van der Waals surface area contributed by atoms with Crippen LogP contribution in [0.3, 0.4) is 0 Å². The van der Waals surface area contributed by atoms with Crippen molar-refractivity contribution in [3.63, 3.8) is 0 Å². The van der Waals surface area contributed by atoms with Crippen LogP contribution in [0.15, 0.2) is 23.1 Å². The average molecular weight is 592 g/mol. The highest BCUT2D eigenvalue weighted by molar-refractivity contribution is 14.1. The Kier molecular flexibility index (Phi) is 9.29. The zero-order valence-corrected chi connectivity index (χ0v) is 21.6. The topological polar surface area (TPSA) is 54.4 Å². The fourth-order valence-corrected chi connectivity index (χ4v) is 4.81. The first-order valence-corrected chi connectivity index (χ1v) is 12.2. The summed E-state index contributed by atoms with van der Waals surface area (Å²) in [5.41, 5.74) is 3.61. The molecule has 2 rings (SSSR count). The number of hydrogen-bond donors (Lipinski definition) is 1. The zero-order valence-electron chi connectivity index (χ0n) is 18.6. The molecule has 0 fully saturated rings. The predicted molar refractivity (Wildman–Crippen MR) is 122 cm³/mol. The Morgan fingerprint density at radius 3 is 1.59 bits per heavy atom. The highest BCUT2D eigenvalue weighted by atomic mass is 127. The van der Waals surface area contributed by atoms with Crippen molar-refractivity contribution in [3.05, 3.63) is 62.0 Å². The van der Waals surface area contributed by atoms with Crippen LogP contribution in [0.2, 0.25) is 0 Å². The minimum Gasteiger partial charge on any atom is -0.282 e. The molecule has 3 nitrogen and oxygen atoms in total. The van der Waals surface area contributed by atoms with Gasteiger partial charge in [-0.2, -0.15) is 8.42 Å². The van der Waals surface area contributed by atoms with E-state index in [1.54, 1.807) is 5.56 Å². The Morgan fingerprint density at radius 1 is 0.812 bits per heavy atom.